The van der Waals surface area contributed by atoms with E-state index in [1.54, 1.807) is 18.7 Å². The highest BCUT2D eigenvalue weighted by atomic mass is 35.5. The van der Waals surface area contributed by atoms with Crippen LogP contribution in [0.3, 0.4) is 0 Å². The van der Waals surface area contributed by atoms with Crippen molar-refractivity contribution in [2.45, 2.75) is 26.6 Å². The van der Waals surface area contributed by atoms with Crippen LogP contribution in [0.15, 0.2) is 0 Å². The Balaban J connectivity index is 2.34. The molecule has 0 bridgehead atoms. The van der Waals surface area contributed by atoms with E-state index >= 15 is 0 Å². The normalized spacial score (nSPS) is 16.2. The lowest BCUT2D eigenvalue weighted by Gasteiger charge is -2.30. The molecular formula is C15H22ClF3N4O2. The SMILES string of the molecule is Cn1nc(C(F)(F)F)c(CNC(=O)C(C)(C)CCl)c1N1CCOCC1. The number of alkyl halides is 4. The van der Waals surface area contributed by atoms with E-state index in [4.69, 9.17) is 16.3 Å². The number of nitrogens with zero attached hydrogens (tertiary/aromatic N) is 3. The highest BCUT2D eigenvalue weighted by Crippen LogP contribution is 2.36. The number of aryl methyl sites for hydroxylation is 1. The van der Waals surface area contributed by atoms with Gasteiger partial charge in [0, 0.05) is 38.1 Å². The molecule has 0 aliphatic carbocycles. The molecule has 25 heavy (non-hydrogen) atoms. The molecule has 0 spiro atoms. The van der Waals surface area contributed by atoms with Crippen molar-refractivity contribution in [1.82, 2.24) is 15.1 Å². The third-order valence-electron chi connectivity index (χ3n) is 4.07. The lowest BCUT2D eigenvalue weighted by molar-refractivity contribution is -0.142. The second-order valence-electron chi connectivity index (χ2n) is 6.57. The van der Waals surface area contributed by atoms with Gasteiger partial charge in [0.05, 0.1) is 18.6 Å². The Morgan fingerprint density at radius 2 is 1.92 bits per heavy atom. The van der Waals surface area contributed by atoms with Crippen LogP contribution in [0, 0.1) is 5.41 Å². The molecule has 0 saturated carbocycles. The maximum Gasteiger partial charge on any atom is 0.435 e. The monoisotopic (exact) mass is 382 g/mol. The van der Waals surface area contributed by atoms with Gasteiger partial charge in [-0.3, -0.25) is 9.48 Å². The number of hydrogen-bond acceptors (Lipinski definition) is 4. The summed E-state index contributed by atoms with van der Waals surface area (Å²) in [6.45, 7) is 4.78. The number of anilines is 1. The summed E-state index contributed by atoms with van der Waals surface area (Å²) < 4.78 is 46.6. The summed E-state index contributed by atoms with van der Waals surface area (Å²) in [6, 6.07) is 0. The van der Waals surface area contributed by atoms with Crippen LogP contribution in [0.25, 0.3) is 0 Å². The average Bonchev–Trinajstić information content (AvgIpc) is 2.90. The van der Waals surface area contributed by atoms with Gasteiger partial charge in [-0.25, -0.2) is 0 Å². The van der Waals surface area contributed by atoms with Crippen LogP contribution in [0.4, 0.5) is 19.0 Å². The fraction of sp³-hybridized carbons (Fsp3) is 0.733. The molecule has 2 rings (SSSR count). The van der Waals surface area contributed by atoms with Crippen molar-refractivity contribution in [3.8, 4) is 0 Å². The molecule has 1 aliphatic heterocycles. The number of nitrogens with one attached hydrogen (secondary N) is 1. The van der Waals surface area contributed by atoms with Crippen LogP contribution in [0.5, 0.6) is 0 Å². The van der Waals surface area contributed by atoms with E-state index in [2.05, 4.69) is 10.4 Å². The minimum atomic E-state index is -4.61. The van der Waals surface area contributed by atoms with Crippen LogP contribution >= 0.6 is 11.6 Å². The molecule has 142 valence electrons. The summed E-state index contributed by atoms with van der Waals surface area (Å²) in [5, 5.41) is 6.21. The molecule has 2 heterocycles. The maximum atomic E-state index is 13.4. The Kier molecular flexibility index (Phi) is 5.88. The van der Waals surface area contributed by atoms with Crippen molar-refractivity contribution < 1.29 is 22.7 Å². The van der Waals surface area contributed by atoms with Crippen LogP contribution in [-0.4, -0.2) is 47.9 Å². The molecule has 6 nitrogen and oxygen atoms in total. The van der Waals surface area contributed by atoms with Gasteiger partial charge in [-0.15, -0.1) is 11.6 Å². The molecule has 1 aliphatic rings. The second-order valence-corrected chi connectivity index (χ2v) is 6.84. The second kappa shape index (κ2) is 7.41. The number of aromatic nitrogens is 2. The van der Waals surface area contributed by atoms with Gasteiger partial charge in [0.2, 0.25) is 5.91 Å². The van der Waals surface area contributed by atoms with Crippen LogP contribution in [0.2, 0.25) is 0 Å². The minimum absolute atomic E-state index is 0.0457. The van der Waals surface area contributed by atoms with Gasteiger partial charge in [-0.1, -0.05) is 0 Å². The van der Waals surface area contributed by atoms with Gasteiger partial charge in [0.25, 0.3) is 0 Å². The van der Waals surface area contributed by atoms with Gasteiger partial charge < -0.3 is 15.0 Å². The number of ether oxygens (including phenoxy) is 1. The van der Waals surface area contributed by atoms with Crippen molar-refractivity contribution in [3.05, 3.63) is 11.3 Å². The highest BCUT2D eigenvalue weighted by molar-refractivity contribution is 6.19. The summed E-state index contributed by atoms with van der Waals surface area (Å²) in [6.07, 6.45) is -4.61. The largest absolute Gasteiger partial charge is 0.435 e. The molecule has 1 saturated heterocycles. The van der Waals surface area contributed by atoms with Gasteiger partial charge in [0.15, 0.2) is 5.69 Å². The summed E-state index contributed by atoms with van der Waals surface area (Å²) in [7, 11) is 1.47. The third kappa shape index (κ3) is 4.38. The Morgan fingerprint density at radius 3 is 2.44 bits per heavy atom. The van der Waals surface area contributed by atoms with Crippen molar-refractivity contribution >= 4 is 23.3 Å². The van der Waals surface area contributed by atoms with Crippen molar-refractivity contribution in [1.29, 1.82) is 0 Å². The molecule has 1 fully saturated rings. The van der Waals surface area contributed by atoms with Crippen LogP contribution in [0.1, 0.15) is 25.1 Å². The summed E-state index contributed by atoms with van der Waals surface area (Å²) in [4.78, 5) is 14.0. The highest BCUT2D eigenvalue weighted by Gasteiger charge is 2.40. The van der Waals surface area contributed by atoms with Crippen molar-refractivity contribution in [2.75, 3.05) is 37.1 Å². The molecule has 0 aromatic carbocycles. The predicted molar refractivity (Wildman–Crippen MR) is 87.6 cm³/mol. The third-order valence-corrected chi connectivity index (χ3v) is 4.73. The lowest BCUT2D eigenvalue weighted by Crippen LogP contribution is -2.40. The maximum absolute atomic E-state index is 13.4. The summed E-state index contributed by atoms with van der Waals surface area (Å²) in [5.74, 6) is 0.000857. The number of morpholine rings is 1. The van der Waals surface area contributed by atoms with E-state index in [0.717, 1.165) is 0 Å². The first-order chi connectivity index (χ1) is 11.6. The molecular weight excluding hydrogens is 361 g/mol. The molecule has 1 aromatic rings. The van der Waals surface area contributed by atoms with E-state index in [-0.39, 0.29) is 18.0 Å². The Morgan fingerprint density at radius 1 is 1.32 bits per heavy atom. The molecule has 1 aromatic heterocycles. The molecule has 0 unspecified atom stereocenters. The lowest BCUT2D eigenvalue weighted by atomic mass is 9.95. The van der Waals surface area contributed by atoms with E-state index < -0.39 is 23.2 Å². The zero-order chi connectivity index (χ0) is 18.8. The summed E-state index contributed by atoms with van der Waals surface area (Å²) >= 11 is 5.75. The standard InChI is InChI=1S/C15H22ClF3N4O2/c1-14(2,9-16)13(24)20-8-10-11(15(17,18)19)21-22(3)12(10)23-4-6-25-7-5-23/h4-9H2,1-3H3,(H,20,24). The molecule has 0 radical (unpaired) electrons. The van der Waals surface area contributed by atoms with E-state index in [9.17, 15) is 18.0 Å². The van der Waals surface area contributed by atoms with Crippen LogP contribution < -0.4 is 10.2 Å². The fourth-order valence-electron chi connectivity index (χ4n) is 2.59. The van der Waals surface area contributed by atoms with Crippen molar-refractivity contribution in [3.63, 3.8) is 0 Å². The van der Waals surface area contributed by atoms with E-state index in [1.165, 1.54) is 11.7 Å². The minimum Gasteiger partial charge on any atom is -0.378 e. The predicted octanol–water partition coefficient (Wildman–Crippen LogP) is 2.16. The number of hydrogen-bond donors (Lipinski definition) is 1. The molecule has 1 N–H and O–H groups in total. The topological polar surface area (TPSA) is 59.4 Å². The number of carbonyl (C=O) groups excluding carboxylic acids is 1. The Bertz CT molecular complexity index is 625. The number of halogens is 4. The average molecular weight is 383 g/mol. The van der Waals surface area contributed by atoms with Gasteiger partial charge in [-0.2, -0.15) is 18.3 Å². The van der Waals surface area contributed by atoms with Gasteiger partial charge >= 0.3 is 6.18 Å². The Hall–Kier alpha value is -1.48. The Labute approximate surface area is 149 Å². The van der Waals surface area contributed by atoms with Gasteiger partial charge in [-0.05, 0) is 13.8 Å². The van der Waals surface area contributed by atoms with Crippen molar-refractivity contribution in [2.24, 2.45) is 12.5 Å². The summed E-state index contributed by atoms with van der Waals surface area (Å²) in [5.41, 5.74) is -1.91. The quantitative estimate of drug-likeness (QED) is 0.793. The van der Waals surface area contributed by atoms with Gasteiger partial charge in [0.1, 0.15) is 5.82 Å². The first-order valence-electron chi connectivity index (χ1n) is 7.88. The molecule has 0 atom stereocenters. The molecule has 1 amide bonds. The van der Waals surface area contributed by atoms with E-state index in [0.29, 0.717) is 32.1 Å². The van der Waals surface area contributed by atoms with E-state index in [1.807, 2.05) is 0 Å². The smallest absolute Gasteiger partial charge is 0.378 e. The first kappa shape index (κ1) is 19.8. The number of rotatable bonds is 5. The number of carbonyl (C=O) groups is 1. The zero-order valence-corrected chi connectivity index (χ0v) is 15.2. The fourth-order valence-corrected chi connectivity index (χ4v) is 2.71. The number of amides is 1. The molecule has 10 heteroatoms. The van der Waals surface area contributed by atoms with Crippen LogP contribution in [-0.2, 0) is 29.3 Å². The zero-order valence-electron chi connectivity index (χ0n) is 14.4. The first-order valence-corrected chi connectivity index (χ1v) is 8.41.